The van der Waals surface area contributed by atoms with Crippen molar-refractivity contribution in [1.29, 1.82) is 0 Å². The van der Waals surface area contributed by atoms with E-state index < -0.39 is 0 Å². The number of para-hydroxylation sites is 1. The lowest BCUT2D eigenvalue weighted by molar-refractivity contribution is 0.134. The number of aromatic hydroxyl groups is 1. The van der Waals surface area contributed by atoms with E-state index in [1.807, 2.05) is 12.1 Å². The molecule has 66 valence electrons. The molecule has 0 saturated heterocycles. The lowest BCUT2D eigenvalue weighted by Gasteiger charge is -2.03. The van der Waals surface area contributed by atoms with Gasteiger partial charge in [0.05, 0.1) is 13.2 Å². The molecule has 0 fully saturated rings. The Morgan fingerprint density at radius 1 is 1.33 bits per heavy atom. The van der Waals surface area contributed by atoms with Gasteiger partial charge in [0.2, 0.25) is 0 Å². The number of alkyl halides is 1. The van der Waals surface area contributed by atoms with Crippen LogP contribution in [-0.2, 0) is 11.3 Å². The molecular weight excluding hydrogens is 176 g/mol. The highest BCUT2D eigenvalue weighted by Crippen LogP contribution is 2.15. The lowest BCUT2D eigenvalue weighted by atomic mass is 10.2. The maximum absolute atomic E-state index is 9.30. The third-order valence-corrected chi connectivity index (χ3v) is 1.62. The summed E-state index contributed by atoms with van der Waals surface area (Å²) in [7, 11) is 0. The Kier molecular flexibility index (Phi) is 3.91. The minimum atomic E-state index is 0.270. The topological polar surface area (TPSA) is 29.5 Å². The third kappa shape index (κ3) is 2.72. The van der Waals surface area contributed by atoms with Crippen LogP contribution in [0.2, 0.25) is 0 Å². The summed E-state index contributed by atoms with van der Waals surface area (Å²) in [4.78, 5) is 0. The van der Waals surface area contributed by atoms with Crippen LogP contribution in [0.4, 0.5) is 0 Å². The molecule has 0 aliphatic rings. The molecule has 0 saturated carbocycles. The van der Waals surface area contributed by atoms with Gasteiger partial charge >= 0.3 is 0 Å². The van der Waals surface area contributed by atoms with Crippen molar-refractivity contribution in [2.75, 3.05) is 12.5 Å². The molecule has 12 heavy (non-hydrogen) atoms. The SMILES string of the molecule is Oc1ccccc1COCCCl. The fraction of sp³-hybridized carbons (Fsp3) is 0.333. The maximum atomic E-state index is 9.30. The average molecular weight is 187 g/mol. The molecular formula is C9H11ClO2. The lowest BCUT2D eigenvalue weighted by Crippen LogP contribution is -1.96. The van der Waals surface area contributed by atoms with Crippen LogP contribution in [0.3, 0.4) is 0 Å². The van der Waals surface area contributed by atoms with Gasteiger partial charge in [-0.25, -0.2) is 0 Å². The highest BCUT2D eigenvalue weighted by molar-refractivity contribution is 6.17. The van der Waals surface area contributed by atoms with Crippen LogP contribution in [0.5, 0.6) is 5.75 Å². The number of hydrogen-bond acceptors (Lipinski definition) is 2. The smallest absolute Gasteiger partial charge is 0.121 e. The molecule has 0 aliphatic heterocycles. The molecule has 0 aliphatic carbocycles. The Hall–Kier alpha value is -0.730. The third-order valence-electron chi connectivity index (χ3n) is 1.47. The van der Waals surface area contributed by atoms with Gasteiger partial charge in [0.25, 0.3) is 0 Å². The summed E-state index contributed by atoms with van der Waals surface area (Å²) in [6.07, 6.45) is 0. The minimum absolute atomic E-state index is 0.270. The molecule has 3 heteroatoms. The molecule has 0 heterocycles. The maximum Gasteiger partial charge on any atom is 0.121 e. The zero-order valence-electron chi connectivity index (χ0n) is 6.66. The average Bonchev–Trinajstić information content (AvgIpc) is 2.09. The van der Waals surface area contributed by atoms with E-state index >= 15 is 0 Å². The van der Waals surface area contributed by atoms with Crippen LogP contribution >= 0.6 is 11.6 Å². The predicted octanol–water partition coefficient (Wildman–Crippen LogP) is 2.15. The molecule has 1 aromatic rings. The molecule has 0 atom stereocenters. The summed E-state index contributed by atoms with van der Waals surface area (Å²) in [5.41, 5.74) is 0.794. The molecule has 1 N–H and O–H groups in total. The number of rotatable bonds is 4. The first-order valence-corrected chi connectivity index (χ1v) is 4.28. The van der Waals surface area contributed by atoms with Crippen LogP contribution in [0, 0.1) is 0 Å². The van der Waals surface area contributed by atoms with Crippen molar-refractivity contribution in [2.45, 2.75) is 6.61 Å². The molecule has 0 unspecified atom stereocenters. The molecule has 0 aromatic heterocycles. The molecule has 0 spiro atoms. The van der Waals surface area contributed by atoms with E-state index in [1.54, 1.807) is 12.1 Å². The van der Waals surface area contributed by atoms with E-state index in [1.165, 1.54) is 0 Å². The fourth-order valence-electron chi connectivity index (χ4n) is 0.870. The van der Waals surface area contributed by atoms with Crippen molar-refractivity contribution in [2.24, 2.45) is 0 Å². The van der Waals surface area contributed by atoms with Gasteiger partial charge in [-0.3, -0.25) is 0 Å². The highest BCUT2D eigenvalue weighted by atomic mass is 35.5. The van der Waals surface area contributed by atoms with Crippen molar-refractivity contribution in [1.82, 2.24) is 0 Å². The van der Waals surface area contributed by atoms with Crippen molar-refractivity contribution in [3.8, 4) is 5.75 Å². The monoisotopic (exact) mass is 186 g/mol. The Labute approximate surface area is 76.7 Å². The van der Waals surface area contributed by atoms with Crippen LogP contribution < -0.4 is 0 Å². The molecule has 1 rings (SSSR count). The van der Waals surface area contributed by atoms with Crippen LogP contribution in [-0.4, -0.2) is 17.6 Å². The highest BCUT2D eigenvalue weighted by Gasteiger charge is 1.97. The standard InChI is InChI=1S/C9H11ClO2/c10-5-6-12-7-8-3-1-2-4-9(8)11/h1-4,11H,5-7H2. The molecule has 0 amide bonds. The van der Waals surface area contributed by atoms with E-state index in [0.717, 1.165) is 5.56 Å². The van der Waals surface area contributed by atoms with E-state index in [0.29, 0.717) is 19.1 Å². The molecule has 1 aromatic carbocycles. The van der Waals surface area contributed by atoms with Gasteiger partial charge in [0.1, 0.15) is 5.75 Å². The van der Waals surface area contributed by atoms with Crippen LogP contribution in [0.25, 0.3) is 0 Å². The van der Waals surface area contributed by atoms with Crippen molar-refractivity contribution >= 4 is 11.6 Å². The van der Waals surface area contributed by atoms with Gasteiger partial charge in [-0.2, -0.15) is 0 Å². The van der Waals surface area contributed by atoms with Gasteiger partial charge < -0.3 is 9.84 Å². The summed E-state index contributed by atoms with van der Waals surface area (Å²) >= 11 is 5.42. The second-order valence-electron chi connectivity index (χ2n) is 2.37. The van der Waals surface area contributed by atoms with Gasteiger partial charge in [0.15, 0.2) is 0 Å². The Balaban J connectivity index is 2.46. The fourth-order valence-corrected chi connectivity index (χ4v) is 0.979. The minimum Gasteiger partial charge on any atom is -0.508 e. The summed E-state index contributed by atoms with van der Waals surface area (Å²) < 4.78 is 5.16. The summed E-state index contributed by atoms with van der Waals surface area (Å²) in [6.45, 7) is 0.926. The van der Waals surface area contributed by atoms with Crippen molar-refractivity contribution < 1.29 is 9.84 Å². The second kappa shape index (κ2) is 5.01. The Morgan fingerprint density at radius 3 is 2.75 bits per heavy atom. The number of phenolic OH excluding ortho intramolecular Hbond substituents is 1. The van der Waals surface area contributed by atoms with Crippen molar-refractivity contribution in [3.05, 3.63) is 29.8 Å². The largest absolute Gasteiger partial charge is 0.508 e. The predicted molar refractivity (Wildman–Crippen MR) is 48.5 cm³/mol. The second-order valence-corrected chi connectivity index (χ2v) is 2.75. The van der Waals surface area contributed by atoms with E-state index in [9.17, 15) is 5.11 Å². The van der Waals surface area contributed by atoms with Gasteiger partial charge in [0, 0.05) is 11.4 Å². The van der Waals surface area contributed by atoms with Crippen molar-refractivity contribution in [3.63, 3.8) is 0 Å². The number of halogens is 1. The number of benzene rings is 1. The summed E-state index contributed by atoms with van der Waals surface area (Å²) in [6, 6.07) is 7.10. The normalized spacial score (nSPS) is 10.1. The molecule has 0 bridgehead atoms. The molecule has 2 nitrogen and oxygen atoms in total. The number of ether oxygens (including phenoxy) is 1. The van der Waals surface area contributed by atoms with Gasteiger partial charge in [-0.1, -0.05) is 18.2 Å². The first-order chi connectivity index (χ1) is 5.84. The van der Waals surface area contributed by atoms with Gasteiger partial charge in [-0.15, -0.1) is 11.6 Å². The number of phenols is 1. The summed E-state index contributed by atoms with van der Waals surface area (Å²) in [5.74, 6) is 0.750. The van der Waals surface area contributed by atoms with Crippen LogP contribution in [0.15, 0.2) is 24.3 Å². The van der Waals surface area contributed by atoms with E-state index in [-0.39, 0.29) is 5.75 Å². The quantitative estimate of drug-likeness (QED) is 0.577. The first-order valence-electron chi connectivity index (χ1n) is 3.75. The summed E-state index contributed by atoms with van der Waals surface area (Å²) in [5, 5.41) is 9.30. The van der Waals surface area contributed by atoms with E-state index in [2.05, 4.69) is 0 Å². The zero-order valence-corrected chi connectivity index (χ0v) is 7.42. The zero-order chi connectivity index (χ0) is 8.81. The molecule has 0 radical (unpaired) electrons. The van der Waals surface area contributed by atoms with Gasteiger partial charge in [-0.05, 0) is 6.07 Å². The first kappa shape index (κ1) is 9.36. The van der Waals surface area contributed by atoms with Crippen LogP contribution in [0.1, 0.15) is 5.56 Å². The number of hydrogen-bond donors (Lipinski definition) is 1. The Bertz CT molecular complexity index is 238. The van der Waals surface area contributed by atoms with E-state index in [4.69, 9.17) is 16.3 Å². The Morgan fingerprint density at radius 2 is 2.08 bits per heavy atom.